The molecule has 4 rings (SSSR count). The van der Waals surface area contributed by atoms with E-state index in [1.54, 1.807) is 36.2 Å². The van der Waals surface area contributed by atoms with Crippen molar-refractivity contribution >= 4 is 41.1 Å². The Kier molecular flexibility index (Phi) is 8.34. The average molecular weight is 570 g/mol. The van der Waals surface area contributed by atoms with Crippen molar-refractivity contribution in [2.45, 2.75) is 38.3 Å². The van der Waals surface area contributed by atoms with Crippen LogP contribution in [0.2, 0.25) is 5.02 Å². The van der Waals surface area contributed by atoms with Crippen LogP contribution >= 0.6 is 11.6 Å². The number of rotatable bonds is 9. The molecule has 1 saturated heterocycles. The molecule has 2 aromatic carbocycles. The third-order valence-electron chi connectivity index (χ3n) is 7.09. The van der Waals surface area contributed by atoms with Crippen LogP contribution in [0.1, 0.15) is 25.8 Å². The Balaban J connectivity index is 1.59. The lowest BCUT2D eigenvalue weighted by Gasteiger charge is -2.40. The highest BCUT2D eigenvalue weighted by atomic mass is 35.5. The van der Waals surface area contributed by atoms with Crippen LogP contribution in [0.3, 0.4) is 0 Å². The predicted octanol–water partition coefficient (Wildman–Crippen LogP) is 2.54. The molecule has 11 nitrogen and oxygen atoms in total. The molecule has 2 heterocycles. The average Bonchev–Trinajstić information content (AvgIpc) is 3.15. The number of hydrogen-bond donors (Lipinski definition) is 3. The van der Waals surface area contributed by atoms with E-state index in [1.165, 1.54) is 18.9 Å². The standard InChI is InChI=1S/C28H32ClN5O6/c1-27(2,31-26(38)39)24(36)30-21(16-40-20-11-9-19(29)10-12-20)23(35)34-14-13-22-28(17-34,25(37)33(3)32-22)15-18-7-5-4-6-8-18/h4-12,21,31H,13-17H2,1-3H3,(H,30,36)(H,38,39)/t21-,28-/m1/s1. The van der Waals surface area contributed by atoms with E-state index < -0.39 is 34.9 Å². The number of nitrogens with one attached hydrogen (secondary N) is 2. The normalized spacial score (nSPS) is 19.4. The molecule has 1 fully saturated rings. The zero-order valence-corrected chi connectivity index (χ0v) is 23.3. The number of nitrogens with zero attached hydrogens (tertiary/aromatic N) is 3. The van der Waals surface area contributed by atoms with Crippen molar-refractivity contribution in [2.24, 2.45) is 10.5 Å². The number of carboxylic acid groups (broad SMARTS) is 1. The first-order valence-corrected chi connectivity index (χ1v) is 13.2. The van der Waals surface area contributed by atoms with E-state index in [0.717, 1.165) is 11.3 Å². The van der Waals surface area contributed by atoms with Crippen molar-refractivity contribution in [2.75, 3.05) is 26.7 Å². The number of carbonyl (C=O) groups excluding carboxylic acids is 3. The van der Waals surface area contributed by atoms with Gasteiger partial charge in [0.05, 0.1) is 5.71 Å². The zero-order valence-electron chi connectivity index (χ0n) is 22.5. The lowest BCUT2D eigenvalue weighted by atomic mass is 9.73. The molecule has 12 heteroatoms. The Labute approximate surface area is 237 Å². The number of fused-ring (bicyclic) bond motifs is 1. The lowest BCUT2D eigenvalue weighted by Crippen LogP contribution is -2.62. The maximum Gasteiger partial charge on any atom is 0.405 e. The summed E-state index contributed by atoms with van der Waals surface area (Å²) >= 11 is 5.96. The second-order valence-corrected chi connectivity index (χ2v) is 10.9. The van der Waals surface area contributed by atoms with Gasteiger partial charge in [-0.1, -0.05) is 41.9 Å². The molecule has 2 aromatic rings. The number of ether oxygens (including phenoxy) is 1. The molecule has 0 aromatic heterocycles. The molecule has 0 saturated carbocycles. The highest BCUT2D eigenvalue weighted by Crippen LogP contribution is 2.38. The number of carbonyl (C=O) groups is 4. The van der Waals surface area contributed by atoms with E-state index in [0.29, 0.717) is 30.2 Å². The van der Waals surface area contributed by atoms with E-state index >= 15 is 0 Å². The molecule has 40 heavy (non-hydrogen) atoms. The van der Waals surface area contributed by atoms with Gasteiger partial charge in [0, 0.05) is 31.6 Å². The van der Waals surface area contributed by atoms with Gasteiger partial charge in [-0.15, -0.1) is 0 Å². The molecule has 0 unspecified atom stereocenters. The van der Waals surface area contributed by atoms with Crippen molar-refractivity contribution in [3.63, 3.8) is 0 Å². The summed E-state index contributed by atoms with van der Waals surface area (Å²) in [7, 11) is 1.60. The molecule has 212 valence electrons. The van der Waals surface area contributed by atoms with Gasteiger partial charge in [-0.3, -0.25) is 14.4 Å². The van der Waals surface area contributed by atoms with Crippen molar-refractivity contribution in [1.82, 2.24) is 20.5 Å². The molecule has 3 N–H and O–H groups in total. The maximum atomic E-state index is 13.9. The van der Waals surface area contributed by atoms with Crippen molar-refractivity contribution in [3.05, 3.63) is 65.2 Å². The summed E-state index contributed by atoms with van der Waals surface area (Å²) in [5.74, 6) is -0.931. The van der Waals surface area contributed by atoms with Gasteiger partial charge in [0.1, 0.15) is 29.4 Å². The summed E-state index contributed by atoms with van der Waals surface area (Å²) in [5.41, 5.74) is -0.895. The number of benzene rings is 2. The first-order valence-electron chi connectivity index (χ1n) is 12.8. The second kappa shape index (κ2) is 11.5. The van der Waals surface area contributed by atoms with Crippen LogP contribution in [0.5, 0.6) is 5.75 Å². The second-order valence-electron chi connectivity index (χ2n) is 10.5. The summed E-state index contributed by atoms with van der Waals surface area (Å²) < 4.78 is 5.82. The first kappa shape index (κ1) is 28.9. The first-order chi connectivity index (χ1) is 18.9. The smallest absolute Gasteiger partial charge is 0.405 e. The highest BCUT2D eigenvalue weighted by Gasteiger charge is 2.54. The molecular weight excluding hydrogens is 538 g/mol. The molecule has 2 aliphatic heterocycles. The minimum absolute atomic E-state index is 0.0762. The van der Waals surface area contributed by atoms with Gasteiger partial charge in [0.2, 0.25) is 11.8 Å². The van der Waals surface area contributed by atoms with Crippen molar-refractivity contribution < 1.29 is 29.0 Å². The van der Waals surface area contributed by atoms with Gasteiger partial charge in [-0.25, -0.2) is 9.80 Å². The fourth-order valence-corrected chi connectivity index (χ4v) is 5.11. The number of hydrogen-bond acceptors (Lipinski definition) is 6. The minimum Gasteiger partial charge on any atom is -0.491 e. The van der Waals surface area contributed by atoms with Crippen LogP contribution in [-0.2, 0) is 20.8 Å². The van der Waals surface area contributed by atoms with Crippen LogP contribution in [0.15, 0.2) is 59.7 Å². The number of likely N-dealkylation sites (tertiary alicyclic amines) is 1. The summed E-state index contributed by atoms with van der Waals surface area (Å²) in [6.45, 7) is 2.92. The fraction of sp³-hybridized carbons (Fsp3) is 0.393. The highest BCUT2D eigenvalue weighted by molar-refractivity contribution is 6.30. The van der Waals surface area contributed by atoms with Crippen molar-refractivity contribution in [3.8, 4) is 5.75 Å². The molecule has 4 amide bonds. The number of amides is 4. The van der Waals surface area contributed by atoms with Crippen LogP contribution < -0.4 is 15.4 Å². The molecule has 0 aliphatic carbocycles. The number of halogens is 1. The molecule has 0 radical (unpaired) electrons. The number of piperidine rings is 1. The van der Waals surface area contributed by atoms with E-state index in [9.17, 15) is 19.2 Å². The quantitative estimate of drug-likeness (QED) is 0.424. The SMILES string of the molecule is CN1N=C2CCN(C(=O)[C@@H](COc3ccc(Cl)cc3)NC(=O)C(C)(C)NC(=O)O)C[C@@]2(Cc2ccccc2)C1=O. The molecular formula is C28H32ClN5O6. The van der Waals surface area contributed by atoms with Gasteiger partial charge in [0.25, 0.3) is 5.91 Å². The Hall–Kier alpha value is -4.12. The van der Waals surface area contributed by atoms with Gasteiger partial charge in [-0.05, 0) is 50.1 Å². The Bertz CT molecular complexity index is 1320. The van der Waals surface area contributed by atoms with E-state index in [-0.39, 0.29) is 19.1 Å². The Morgan fingerprint density at radius 2 is 1.82 bits per heavy atom. The van der Waals surface area contributed by atoms with Gasteiger partial charge in [0.15, 0.2) is 0 Å². The number of hydrazone groups is 1. The van der Waals surface area contributed by atoms with Crippen LogP contribution in [0, 0.1) is 5.41 Å². The Morgan fingerprint density at radius 1 is 1.15 bits per heavy atom. The summed E-state index contributed by atoms with van der Waals surface area (Å²) in [5, 5.41) is 20.3. The zero-order chi connectivity index (χ0) is 29.1. The molecule has 0 bridgehead atoms. The van der Waals surface area contributed by atoms with Crippen molar-refractivity contribution in [1.29, 1.82) is 0 Å². The monoisotopic (exact) mass is 569 g/mol. The van der Waals surface area contributed by atoms with Crippen LogP contribution in [0.4, 0.5) is 4.79 Å². The van der Waals surface area contributed by atoms with Gasteiger partial charge < -0.3 is 25.4 Å². The fourth-order valence-electron chi connectivity index (χ4n) is 4.98. The van der Waals surface area contributed by atoms with Crippen LogP contribution in [0.25, 0.3) is 0 Å². The third-order valence-corrected chi connectivity index (χ3v) is 7.34. The predicted molar refractivity (Wildman–Crippen MR) is 148 cm³/mol. The maximum absolute atomic E-state index is 13.9. The largest absolute Gasteiger partial charge is 0.491 e. The molecule has 0 spiro atoms. The third kappa shape index (κ3) is 6.20. The van der Waals surface area contributed by atoms with E-state index in [4.69, 9.17) is 21.4 Å². The summed E-state index contributed by atoms with van der Waals surface area (Å²) in [6, 6.07) is 14.9. The minimum atomic E-state index is -1.52. The Morgan fingerprint density at radius 3 is 2.48 bits per heavy atom. The summed E-state index contributed by atoms with van der Waals surface area (Å²) in [6.07, 6.45) is -0.623. The topological polar surface area (TPSA) is 141 Å². The molecule has 2 atom stereocenters. The van der Waals surface area contributed by atoms with Gasteiger partial charge in [-0.2, -0.15) is 5.10 Å². The van der Waals surface area contributed by atoms with Gasteiger partial charge >= 0.3 is 6.09 Å². The summed E-state index contributed by atoms with van der Waals surface area (Å²) in [4.78, 5) is 53.2. The van der Waals surface area contributed by atoms with E-state index in [1.807, 2.05) is 30.3 Å². The van der Waals surface area contributed by atoms with Crippen LogP contribution in [-0.4, -0.2) is 82.9 Å². The molecule has 2 aliphatic rings. The van der Waals surface area contributed by atoms with E-state index in [2.05, 4.69) is 15.7 Å². The lowest BCUT2D eigenvalue weighted by molar-refractivity contribution is -0.143.